The fraction of sp³-hybridized carbons (Fsp3) is 0.500. The van der Waals surface area contributed by atoms with Gasteiger partial charge in [0.1, 0.15) is 11.6 Å². The molecule has 2 aliphatic rings. The number of esters is 1. The zero-order valence-corrected chi connectivity index (χ0v) is 23.9. The van der Waals surface area contributed by atoms with Crippen molar-refractivity contribution in [2.24, 2.45) is 17.8 Å². The third kappa shape index (κ3) is 6.30. The van der Waals surface area contributed by atoms with E-state index < -0.39 is 29.4 Å². The molecule has 40 heavy (non-hydrogen) atoms. The van der Waals surface area contributed by atoms with E-state index in [2.05, 4.69) is 28.4 Å². The van der Waals surface area contributed by atoms with Crippen LogP contribution in [0.2, 0.25) is 5.28 Å². The van der Waals surface area contributed by atoms with Crippen molar-refractivity contribution >= 4 is 40.3 Å². The van der Waals surface area contributed by atoms with Gasteiger partial charge in [-0.3, -0.25) is 9.59 Å². The molecule has 1 aromatic carbocycles. The molecule has 4 rings (SSSR count). The van der Waals surface area contributed by atoms with E-state index in [0.717, 1.165) is 19.3 Å². The van der Waals surface area contributed by atoms with Gasteiger partial charge in [0.05, 0.1) is 29.3 Å². The van der Waals surface area contributed by atoms with Gasteiger partial charge in [-0.05, 0) is 69.2 Å². The van der Waals surface area contributed by atoms with Crippen LogP contribution in [0.3, 0.4) is 0 Å². The smallest absolute Gasteiger partial charge is 0.332 e. The Balaban J connectivity index is 1.56. The number of ether oxygens (including phenoxy) is 2. The Morgan fingerprint density at radius 1 is 1.18 bits per heavy atom. The van der Waals surface area contributed by atoms with Crippen LogP contribution in [0.5, 0.6) is 5.88 Å². The molecule has 10 heteroatoms. The number of rotatable bonds is 13. The second kappa shape index (κ2) is 12.8. The lowest BCUT2D eigenvalue weighted by Gasteiger charge is -2.26. The molecule has 214 valence electrons. The van der Waals surface area contributed by atoms with Crippen LogP contribution in [-0.2, 0) is 19.1 Å². The van der Waals surface area contributed by atoms with Gasteiger partial charge in [-0.1, -0.05) is 24.3 Å². The van der Waals surface area contributed by atoms with Gasteiger partial charge in [0.2, 0.25) is 23.0 Å². The summed E-state index contributed by atoms with van der Waals surface area (Å²) in [7, 11) is 1.76. The lowest BCUT2D eigenvalue weighted by molar-refractivity contribution is -0.150. The van der Waals surface area contributed by atoms with Gasteiger partial charge in [0.25, 0.3) is 0 Å². The van der Waals surface area contributed by atoms with E-state index in [-0.39, 0.29) is 36.0 Å². The Kier molecular flexibility index (Phi) is 9.45. The maximum Gasteiger partial charge on any atom is 0.332 e. The van der Waals surface area contributed by atoms with Crippen LogP contribution in [0, 0.1) is 17.8 Å². The Morgan fingerprint density at radius 2 is 1.93 bits per heavy atom. The maximum absolute atomic E-state index is 13.7. The SMILES string of the molecule is C=CCCCCN(C)C(=O)C1CC(Oc2nc(Cl)nc3ccccc23)CC1C(=O)NC1(C(=O)OCC)CC1C=C. The lowest BCUT2D eigenvalue weighted by atomic mass is 9.93. The summed E-state index contributed by atoms with van der Waals surface area (Å²) in [5.41, 5.74) is -0.508. The van der Waals surface area contributed by atoms with Crippen LogP contribution < -0.4 is 10.1 Å². The highest BCUT2D eigenvalue weighted by Gasteiger charge is 2.62. The number of fused-ring (bicyclic) bond motifs is 1. The summed E-state index contributed by atoms with van der Waals surface area (Å²) >= 11 is 6.16. The van der Waals surface area contributed by atoms with E-state index >= 15 is 0 Å². The molecule has 9 nitrogen and oxygen atoms in total. The van der Waals surface area contributed by atoms with E-state index in [4.69, 9.17) is 21.1 Å². The van der Waals surface area contributed by atoms with Crippen molar-refractivity contribution in [3.8, 4) is 5.88 Å². The average molecular weight is 569 g/mol. The van der Waals surface area contributed by atoms with Crippen LogP contribution in [0.25, 0.3) is 10.9 Å². The fourth-order valence-electron chi connectivity index (χ4n) is 5.52. The minimum absolute atomic E-state index is 0.0495. The summed E-state index contributed by atoms with van der Waals surface area (Å²) in [5.74, 6) is -2.22. The van der Waals surface area contributed by atoms with Gasteiger partial charge < -0.3 is 19.7 Å². The topological polar surface area (TPSA) is 111 Å². The maximum atomic E-state index is 13.7. The van der Waals surface area contributed by atoms with Crippen LogP contribution in [0.15, 0.2) is 49.6 Å². The van der Waals surface area contributed by atoms with Crippen LogP contribution >= 0.6 is 11.6 Å². The average Bonchev–Trinajstić information content (AvgIpc) is 3.50. The predicted molar refractivity (Wildman–Crippen MR) is 153 cm³/mol. The largest absolute Gasteiger partial charge is 0.474 e. The molecule has 0 spiro atoms. The molecule has 0 saturated heterocycles. The number of hydrogen-bond acceptors (Lipinski definition) is 7. The second-order valence-electron chi connectivity index (χ2n) is 10.5. The van der Waals surface area contributed by atoms with E-state index in [9.17, 15) is 14.4 Å². The summed E-state index contributed by atoms with van der Waals surface area (Å²) in [6.45, 7) is 10.0. The first kappa shape index (κ1) is 29.5. The van der Waals surface area contributed by atoms with Crippen molar-refractivity contribution in [2.75, 3.05) is 20.2 Å². The van der Waals surface area contributed by atoms with Crippen molar-refractivity contribution in [2.45, 2.75) is 57.1 Å². The summed E-state index contributed by atoms with van der Waals surface area (Å²) in [4.78, 5) is 50.4. The first-order valence-electron chi connectivity index (χ1n) is 13.8. The molecule has 1 heterocycles. The van der Waals surface area contributed by atoms with E-state index in [1.165, 1.54) is 0 Å². The van der Waals surface area contributed by atoms with Gasteiger partial charge in [0, 0.05) is 19.5 Å². The lowest BCUT2D eigenvalue weighted by Crippen LogP contribution is -2.50. The molecular formula is C30H37ClN4O5. The molecule has 1 N–H and O–H groups in total. The van der Waals surface area contributed by atoms with Crippen LogP contribution in [0.4, 0.5) is 0 Å². The summed E-state index contributed by atoms with van der Waals surface area (Å²) in [6.07, 6.45) is 6.69. The normalized spacial score (nSPS) is 25.2. The number of nitrogens with one attached hydrogen (secondary N) is 1. The summed E-state index contributed by atoms with van der Waals surface area (Å²) < 4.78 is 11.6. The third-order valence-corrected chi connectivity index (χ3v) is 7.97. The van der Waals surface area contributed by atoms with Crippen molar-refractivity contribution in [3.05, 3.63) is 54.9 Å². The number of halogens is 1. The third-order valence-electron chi connectivity index (χ3n) is 7.81. The van der Waals surface area contributed by atoms with Gasteiger partial charge in [-0.2, -0.15) is 4.98 Å². The molecule has 5 unspecified atom stereocenters. The van der Waals surface area contributed by atoms with Crippen molar-refractivity contribution in [3.63, 3.8) is 0 Å². The van der Waals surface area contributed by atoms with Gasteiger partial charge in [-0.15, -0.1) is 13.2 Å². The molecule has 2 aromatic rings. The number of unbranched alkanes of at least 4 members (excludes halogenated alkanes) is 2. The highest BCUT2D eigenvalue weighted by atomic mass is 35.5. The Hall–Kier alpha value is -3.46. The number of allylic oxidation sites excluding steroid dienone is 1. The van der Waals surface area contributed by atoms with E-state index in [1.807, 2.05) is 30.3 Å². The first-order chi connectivity index (χ1) is 19.2. The number of carbonyl (C=O) groups excluding carboxylic acids is 3. The molecule has 0 bridgehead atoms. The number of hydrogen-bond donors (Lipinski definition) is 1. The van der Waals surface area contributed by atoms with Gasteiger partial charge >= 0.3 is 5.97 Å². The number of benzene rings is 1. The summed E-state index contributed by atoms with van der Waals surface area (Å²) in [5, 5.41) is 3.67. The fourth-order valence-corrected chi connectivity index (χ4v) is 5.69. The number of amides is 2. The minimum atomic E-state index is -1.14. The van der Waals surface area contributed by atoms with E-state index in [0.29, 0.717) is 36.2 Å². The Labute approximate surface area is 240 Å². The molecule has 2 fully saturated rings. The Bertz CT molecular complexity index is 1290. The Morgan fingerprint density at radius 3 is 2.62 bits per heavy atom. The van der Waals surface area contributed by atoms with Gasteiger partial charge in [-0.25, -0.2) is 9.78 Å². The second-order valence-corrected chi connectivity index (χ2v) is 10.8. The highest BCUT2D eigenvalue weighted by molar-refractivity contribution is 6.28. The minimum Gasteiger partial charge on any atom is -0.474 e. The molecule has 2 saturated carbocycles. The molecule has 5 atom stereocenters. The quantitative estimate of drug-likeness (QED) is 0.164. The molecule has 0 aliphatic heterocycles. The molecule has 2 aliphatic carbocycles. The number of nitrogens with zero attached hydrogens (tertiary/aromatic N) is 3. The number of para-hydroxylation sites is 1. The van der Waals surface area contributed by atoms with Crippen LogP contribution in [0.1, 0.15) is 45.4 Å². The first-order valence-corrected chi connectivity index (χ1v) is 14.2. The standard InChI is InChI=1S/C30H37ClN4O5/c1-5-8-9-12-15-35(4)27(37)23-17-20(40-26-21-13-10-11-14-24(21)32-29(31)33-26)16-22(23)25(36)34-30(18-19(30)6-2)28(38)39-7-3/h5-6,10-11,13-14,19-20,22-23H,1-2,7-9,12,15-18H2,3-4H3,(H,34,36). The van der Waals surface area contributed by atoms with Crippen molar-refractivity contribution in [1.82, 2.24) is 20.2 Å². The highest BCUT2D eigenvalue weighted by Crippen LogP contribution is 2.46. The summed E-state index contributed by atoms with van der Waals surface area (Å²) in [6, 6.07) is 7.35. The molecule has 2 amide bonds. The van der Waals surface area contributed by atoms with Crippen molar-refractivity contribution in [1.29, 1.82) is 0 Å². The zero-order valence-electron chi connectivity index (χ0n) is 23.1. The molecular weight excluding hydrogens is 532 g/mol. The zero-order chi connectivity index (χ0) is 28.9. The van der Waals surface area contributed by atoms with E-state index in [1.54, 1.807) is 24.9 Å². The number of carbonyl (C=O) groups is 3. The molecule has 0 radical (unpaired) electrons. The molecule has 1 aromatic heterocycles. The number of aromatic nitrogens is 2. The monoisotopic (exact) mass is 568 g/mol. The van der Waals surface area contributed by atoms with Gasteiger partial charge in [0.15, 0.2) is 0 Å². The van der Waals surface area contributed by atoms with Crippen LogP contribution in [-0.4, -0.2) is 64.5 Å². The predicted octanol–water partition coefficient (Wildman–Crippen LogP) is 4.50. The van der Waals surface area contributed by atoms with Crippen molar-refractivity contribution < 1.29 is 23.9 Å².